The Hall–Kier alpha value is -2.30. The number of likely N-dealkylation sites (tertiary alicyclic amines) is 2. The molecule has 4 rings (SSSR count). The summed E-state index contributed by atoms with van der Waals surface area (Å²) in [5.41, 5.74) is 2.15. The monoisotopic (exact) mass is 522 g/mol. The lowest BCUT2D eigenvalue weighted by atomic mass is 10.0. The molecule has 3 aliphatic rings. The number of aromatic nitrogens is 2. The fourth-order valence-corrected chi connectivity index (χ4v) is 5.90. The van der Waals surface area contributed by atoms with Gasteiger partial charge >= 0.3 is 0 Å². The molecule has 0 saturated carbocycles. The van der Waals surface area contributed by atoms with Crippen LogP contribution in [0.3, 0.4) is 0 Å². The molecule has 0 amide bonds. The number of nitrogens with one attached hydrogen (secondary N) is 1. The van der Waals surface area contributed by atoms with Crippen LogP contribution in [0.2, 0.25) is 0 Å². The first-order chi connectivity index (χ1) is 18.6. The summed E-state index contributed by atoms with van der Waals surface area (Å²) in [6.45, 7) is 15.9. The van der Waals surface area contributed by atoms with E-state index >= 15 is 0 Å². The van der Waals surface area contributed by atoms with Crippen molar-refractivity contribution < 1.29 is 4.74 Å². The second kappa shape index (κ2) is 14.7. The Morgan fingerprint density at radius 1 is 1.00 bits per heavy atom. The largest absolute Gasteiger partial charge is 0.500 e. The average molecular weight is 523 g/mol. The van der Waals surface area contributed by atoms with E-state index in [9.17, 15) is 0 Å². The van der Waals surface area contributed by atoms with Gasteiger partial charge in [0, 0.05) is 50.7 Å². The molecule has 210 valence electrons. The maximum Gasteiger partial charge on any atom is 0.227 e. The van der Waals surface area contributed by atoms with Crippen molar-refractivity contribution in [2.24, 2.45) is 5.92 Å². The minimum absolute atomic E-state index is 0.427. The lowest BCUT2D eigenvalue weighted by Gasteiger charge is -2.33. The van der Waals surface area contributed by atoms with E-state index in [-0.39, 0.29) is 0 Å². The summed E-state index contributed by atoms with van der Waals surface area (Å²) in [7, 11) is 1.75. The number of hydrogen-bond donors (Lipinski definition) is 1. The molecule has 0 bridgehead atoms. The fraction of sp³-hybridized carbons (Fsp3) is 0.742. The zero-order valence-corrected chi connectivity index (χ0v) is 24.4. The summed E-state index contributed by atoms with van der Waals surface area (Å²) in [4.78, 5) is 17.7. The molecule has 3 aliphatic heterocycles. The zero-order chi connectivity index (χ0) is 26.7. The van der Waals surface area contributed by atoms with Crippen LogP contribution < -0.4 is 10.2 Å². The number of methoxy groups -OCH3 is 1. The summed E-state index contributed by atoms with van der Waals surface area (Å²) in [6, 6.07) is 0.427. The Morgan fingerprint density at radius 3 is 2.42 bits per heavy atom. The molecule has 4 heterocycles. The van der Waals surface area contributed by atoms with Gasteiger partial charge in [0.1, 0.15) is 11.6 Å². The van der Waals surface area contributed by atoms with E-state index in [0.29, 0.717) is 18.4 Å². The van der Waals surface area contributed by atoms with Crippen molar-refractivity contribution in [2.75, 3.05) is 69.7 Å². The number of nitrogens with zero attached hydrogens (tertiary/aromatic N) is 5. The highest BCUT2D eigenvalue weighted by atomic mass is 16.5. The number of ether oxygens (including phenoxy) is 1. The molecule has 1 atom stereocenters. The van der Waals surface area contributed by atoms with E-state index in [2.05, 4.69) is 58.7 Å². The van der Waals surface area contributed by atoms with Crippen molar-refractivity contribution >= 4 is 17.8 Å². The Bertz CT molecular complexity index is 969. The minimum Gasteiger partial charge on any atom is -0.500 e. The van der Waals surface area contributed by atoms with Crippen molar-refractivity contribution in [3.63, 3.8) is 0 Å². The third-order valence-corrected chi connectivity index (χ3v) is 8.23. The highest BCUT2D eigenvalue weighted by Gasteiger charge is 2.25. The molecule has 0 spiro atoms. The van der Waals surface area contributed by atoms with Crippen LogP contribution in [0.15, 0.2) is 5.76 Å². The van der Waals surface area contributed by atoms with Crippen LogP contribution in [0.25, 0.3) is 6.08 Å². The second-order valence-corrected chi connectivity index (χ2v) is 11.3. The average Bonchev–Trinajstić information content (AvgIpc) is 3.61. The lowest BCUT2D eigenvalue weighted by molar-refractivity contribution is 0.219. The van der Waals surface area contributed by atoms with Crippen LogP contribution in [0.5, 0.6) is 0 Å². The zero-order valence-electron chi connectivity index (χ0n) is 24.4. The fourth-order valence-electron chi connectivity index (χ4n) is 5.90. The molecule has 1 unspecified atom stereocenters. The molecule has 7 nitrogen and oxygen atoms in total. The van der Waals surface area contributed by atoms with E-state index < -0.39 is 0 Å². The van der Waals surface area contributed by atoms with Crippen LogP contribution in [0.1, 0.15) is 83.4 Å². The van der Waals surface area contributed by atoms with Gasteiger partial charge in [-0.3, -0.25) is 0 Å². The van der Waals surface area contributed by atoms with E-state index in [4.69, 9.17) is 14.7 Å². The molecular formula is C31H50N6O. The molecule has 0 aromatic carbocycles. The van der Waals surface area contributed by atoms with Gasteiger partial charge in [-0.05, 0) is 76.6 Å². The maximum atomic E-state index is 5.81. The number of piperidine rings is 1. The van der Waals surface area contributed by atoms with Gasteiger partial charge < -0.3 is 24.8 Å². The molecule has 7 heteroatoms. The maximum absolute atomic E-state index is 5.81. The van der Waals surface area contributed by atoms with Gasteiger partial charge in [-0.15, -0.1) is 5.92 Å². The first kappa shape index (κ1) is 28.7. The smallest absolute Gasteiger partial charge is 0.227 e. The van der Waals surface area contributed by atoms with Crippen LogP contribution >= 0.6 is 0 Å². The number of rotatable bonds is 11. The van der Waals surface area contributed by atoms with E-state index in [0.717, 1.165) is 87.2 Å². The molecule has 0 aliphatic carbocycles. The lowest BCUT2D eigenvalue weighted by Crippen LogP contribution is -2.39. The number of aryl methyl sites for hydroxylation is 1. The van der Waals surface area contributed by atoms with Gasteiger partial charge in [0.15, 0.2) is 0 Å². The SMILES string of the molecule is CCCN1CCC(Nc2nc(N3CCC(C)C3)nc(CC)c2/C=C(\CC#CCCN2CCCC2)OC)CC1. The minimum atomic E-state index is 0.427. The first-order valence-electron chi connectivity index (χ1n) is 15.2. The number of hydrogen-bond acceptors (Lipinski definition) is 7. The standard InChI is InChI=1S/C31H50N6O/c1-5-16-35-20-14-26(15-21-35)32-30-28(29(6-2)33-31(34-30)37-22-13-25(3)24-37)23-27(38-4)12-8-7-9-17-36-18-10-11-19-36/h23,25-26H,5-6,9-22,24H2,1-4H3,(H,32,33,34)/b27-23+. The van der Waals surface area contributed by atoms with Crippen LogP contribution in [0.4, 0.5) is 11.8 Å². The summed E-state index contributed by atoms with van der Waals surface area (Å²) in [6.07, 6.45) is 11.9. The Kier molecular flexibility index (Phi) is 11.1. The highest BCUT2D eigenvalue weighted by molar-refractivity contribution is 5.68. The van der Waals surface area contributed by atoms with Crippen molar-refractivity contribution in [2.45, 2.75) is 84.6 Å². The molecule has 3 fully saturated rings. The van der Waals surface area contributed by atoms with Crippen molar-refractivity contribution in [1.82, 2.24) is 19.8 Å². The topological polar surface area (TPSA) is 56.8 Å². The molecule has 1 aromatic heterocycles. The Labute approximate surface area is 231 Å². The van der Waals surface area contributed by atoms with Crippen molar-refractivity contribution in [3.05, 3.63) is 17.0 Å². The van der Waals surface area contributed by atoms with E-state index in [1.54, 1.807) is 7.11 Å². The van der Waals surface area contributed by atoms with Gasteiger partial charge in [-0.1, -0.05) is 26.7 Å². The van der Waals surface area contributed by atoms with Crippen molar-refractivity contribution in [1.29, 1.82) is 0 Å². The molecule has 1 aromatic rings. The highest BCUT2D eigenvalue weighted by Crippen LogP contribution is 2.29. The van der Waals surface area contributed by atoms with Crippen molar-refractivity contribution in [3.8, 4) is 11.8 Å². The van der Waals surface area contributed by atoms with Gasteiger partial charge in [0.2, 0.25) is 5.95 Å². The number of anilines is 2. The summed E-state index contributed by atoms with van der Waals surface area (Å²) >= 11 is 0. The third kappa shape index (κ3) is 8.10. The van der Waals surface area contributed by atoms with Gasteiger partial charge in [0.25, 0.3) is 0 Å². The van der Waals surface area contributed by atoms with Gasteiger partial charge in [-0.2, -0.15) is 4.98 Å². The first-order valence-corrected chi connectivity index (χ1v) is 15.2. The molecular weight excluding hydrogens is 472 g/mol. The molecule has 1 N–H and O–H groups in total. The summed E-state index contributed by atoms with van der Waals surface area (Å²) in [5, 5.41) is 3.85. The number of allylic oxidation sites excluding steroid dienone is 1. The second-order valence-electron chi connectivity index (χ2n) is 11.3. The quantitative estimate of drug-likeness (QED) is 0.323. The Balaban J connectivity index is 1.53. The van der Waals surface area contributed by atoms with E-state index in [1.165, 1.54) is 45.3 Å². The van der Waals surface area contributed by atoms with E-state index in [1.807, 2.05) is 0 Å². The molecule has 38 heavy (non-hydrogen) atoms. The summed E-state index contributed by atoms with van der Waals surface area (Å²) < 4.78 is 5.81. The van der Waals surface area contributed by atoms with Crippen LogP contribution in [0, 0.1) is 17.8 Å². The molecule has 0 radical (unpaired) electrons. The van der Waals surface area contributed by atoms with Gasteiger partial charge in [-0.25, -0.2) is 4.98 Å². The normalized spacial score (nSPS) is 21.5. The molecule has 3 saturated heterocycles. The summed E-state index contributed by atoms with van der Waals surface area (Å²) in [5.74, 6) is 10.1. The van der Waals surface area contributed by atoms with Crippen LogP contribution in [-0.2, 0) is 11.2 Å². The van der Waals surface area contributed by atoms with Gasteiger partial charge in [0.05, 0.1) is 19.2 Å². The van der Waals surface area contributed by atoms with Crippen LogP contribution in [-0.4, -0.2) is 85.3 Å². The Morgan fingerprint density at radius 2 is 1.76 bits per heavy atom. The third-order valence-electron chi connectivity index (χ3n) is 8.23. The predicted octanol–water partition coefficient (Wildman–Crippen LogP) is 5.04. The predicted molar refractivity (Wildman–Crippen MR) is 158 cm³/mol.